The van der Waals surface area contributed by atoms with Gasteiger partial charge in [-0.1, -0.05) is 0 Å². The van der Waals surface area contributed by atoms with Gasteiger partial charge in [0.25, 0.3) is 0 Å². The Kier molecular flexibility index (Phi) is 9.94. The van der Waals surface area contributed by atoms with Crippen LogP contribution in [-0.4, -0.2) is 94.0 Å². The van der Waals surface area contributed by atoms with Gasteiger partial charge in [0.15, 0.2) is 0 Å². The number of benzene rings is 2. The molecule has 8 nitrogen and oxygen atoms in total. The first-order chi connectivity index (χ1) is 18.3. The van der Waals surface area contributed by atoms with Crippen LogP contribution in [0.2, 0.25) is 0 Å². The number of aliphatic hydroxyl groups excluding tert-OH is 1. The molecule has 0 spiro atoms. The standard InChI is InChI=1S/C31H44N6O2/c1-23-30(38)28(34-26-14-10-24(11-15-26)32-18-8-20-36(2,3)4)22-29(31(23)39)35-27-16-12-25(13-17-27)33-19-9-21-37(5,6)7/h10-17,22H,8-9,18-21H2,1-7H3,(H2-2,32,33,34,35,38,39)/p+2. The predicted molar refractivity (Wildman–Crippen MR) is 164 cm³/mol. The summed E-state index contributed by atoms with van der Waals surface area (Å²) in [5.74, 6) is -0.344. The van der Waals surface area contributed by atoms with E-state index in [4.69, 9.17) is 0 Å². The van der Waals surface area contributed by atoms with Crippen molar-refractivity contribution >= 4 is 34.2 Å². The van der Waals surface area contributed by atoms with Crippen LogP contribution in [0.25, 0.3) is 0 Å². The highest BCUT2D eigenvalue weighted by Gasteiger charge is 2.24. The molecule has 2 aromatic carbocycles. The van der Waals surface area contributed by atoms with Gasteiger partial charge in [0, 0.05) is 48.6 Å². The lowest BCUT2D eigenvalue weighted by molar-refractivity contribution is -0.870. The van der Waals surface area contributed by atoms with Crippen LogP contribution in [0.15, 0.2) is 76.6 Å². The zero-order chi connectivity index (χ0) is 28.6. The number of carbonyl (C=O) groups excluding carboxylic acids is 1. The Morgan fingerprint density at radius 3 is 1.69 bits per heavy atom. The molecule has 8 heteroatoms. The minimum atomic E-state index is -0.248. The van der Waals surface area contributed by atoms with E-state index in [0.717, 1.165) is 65.0 Å². The monoisotopic (exact) mass is 534 g/mol. The van der Waals surface area contributed by atoms with Crippen LogP contribution in [0.1, 0.15) is 19.8 Å². The lowest BCUT2D eigenvalue weighted by Gasteiger charge is -2.23. The minimum absolute atomic E-state index is 0.0958. The quantitative estimate of drug-likeness (QED) is 0.162. The van der Waals surface area contributed by atoms with E-state index in [2.05, 4.69) is 63.2 Å². The van der Waals surface area contributed by atoms with Crippen LogP contribution in [0.3, 0.4) is 0 Å². The number of allylic oxidation sites excluding steroid dienone is 2. The normalized spacial score (nSPS) is 15.4. The van der Waals surface area contributed by atoms with Crippen LogP contribution < -0.4 is 16.0 Å². The second kappa shape index (κ2) is 13.0. The Morgan fingerprint density at radius 1 is 0.744 bits per heavy atom. The summed E-state index contributed by atoms with van der Waals surface area (Å²) in [5, 5.41) is 20.7. The summed E-state index contributed by atoms with van der Waals surface area (Å²) in [6.45, 7) is 5.63. The highest BCUT2D eigenvalue weighted by atomic mass is 16.3. The Labute approximate surface area is 233 Å². The van der Waals surface area contributed by atoms with Crippen LogP contribution in [0.4, 0.5) is 22.7 Å². The van der Waals surface area contributed by atoms with E-state index in [0.29, 0.717) is 17.1 Å². The van der Waals surface area contributed by atoms with Gasteiger partial charge in [-0.15, -0.1) is 0 Å². The van der Waals surface area contributed by atoms with Crippen molar-refractivity contribution < 1.29 is 18.9 Å². The third-order valence-corrected chi connectivity index (χ3v) is 6.41. The average Bonchev–Trinajstić information content (AvgIpc) is 2.87. The van der Waals surface area contributed by atoms with Gasteiger partial charge in [-0.3, -0.25) is 4.79 Å². The fraction of sp³-hybridized carbons (Fsp3) is 0.419. The van der Waals surface area contributed by atoms with Gasteiger partial charge in [-0.2, -0.15) is 0 Å². The Bertz CT molecular complexity index is 1210. The van der Waals surface area contributed by atoms with Crippen LogP contribution in [0.5, 0.6) is 0 Å². The first-order valence-corrected chi connectivity index (χ1v) is 13.6. The van der Waals surface area contributed by atoms with Crippen molar-refractivity contribution in [2.45, 2.75) is 19.8 Å². The van der Waals surface area contributed by atoms with E-state index < -0.39 is 0 Å². The molecule has 0 aliphatic heterocycles. The molecule has 0 amide bonds. The van der Waals surface area contributed by atoms with Crippen molar-refractivity contribution in [2.75, 3.05) is 84.4 Å². The third kappa shape index (κ3) is 9.89. The van der Waals surface area contributed by atoms with E-state index in [1.807, 2.05) is 48.5 Å². The number of carbonyl (C=O) groups is 1. The summed E-state index contributed by atoms with van der Waals surface area (Å²) >= 11 is 0. The summed E-state index contributed by atoms with van der Waals surface area (Å²) in [6, 6.07) is 15.6. The van der Waals surface area contributed by atoms with Gasteiger partial charge < -0.3 is 30.0 Å². The van der Waals surface area contributed by atoms with Crippen molar-refractivity contribution in [3.63, 3.8) is 0 Å². The summed E-state index contributed by atoms with van der Waals surface area (Å²) < 4.78 is 1.89. The van der Waals surface area contributed by atoms with Crippen molar-refractivity contribution in [3.8, 4) is 0 Å². The second-order valence-electron chi connectivity index (χ2n) is 12.2. The SMILES string of the molecule is CC1=C(O)/C(=N\c2ccc(NCCC[N+](C)(C)C)cc2)C=C(Nc2ccc(NCCC[N+](C)(C)C)cc2)C1=O. The summed E-state index contributed by atoms with van der Waals surface area (Å²) in [4.78, 5) is 17.5. The van der Waals surface area contributed by atoms with E-state index in [1.54, 1.807) is 13.0 Å². The number of ketones is 1. The molecule has 0 bridgehead atoms. The lowest BCUT2D eigenvalue weighted by atomic mass is 9.99. The number of nitrogens with zero attached hydrogens (tertiary/aromatic N) is 3. The number of hydrogen-bond donors (Lipinski definition) is 4. The first-order valence-electron chi connectivity index (χ1n) is 13.6. The van der Waals surface area contributed by atoms with Crippen molar-refractivity contribution in [1.29, 1.82) is 0 Å². The number of rotatable bonds is 13. The van der Waals surface area contributed by atoms with E-state index in [9.17, 15) is 9.90 Å². The molecule has 2 aromatic rings. The maximum atomic E-state index is 12.9. The van der Waals surface area contributed by atoms with Crippen molar-refractivity contribution in [3.05, 3.63) is 71.6 Å². The van der Waals surface area contributed by atoms with Crippen LogP contribution >= 0.6 is 0 Å². The van der Waals surface area contributed by atoms with Gasteiger partial charge in [0.1, 0.15) is 11.5 Å². The molecule has 0 saturated heterocycles. The molecule has 0 unspecified atom stereocenters. The molecule has 0 aromatic heterocycles. The van der Waals surface area contributed by atoms with E-state index >= 15 is 0 Å². The topological polar surface area (TPSA) is 85.8 Å². The Hall–Kier alpha value is -3.62. The molecule has 0 fully saturated rings. The summed E-state index contributed by atoms with van der Waals surface area (Å²) in [5.41, 5.74) is 4.56. The van der Waals surface area contributed by atoms with Crippen LogP contribution in [0, 0.1) is 0 Å². The predicted octanol–water partition coefficient (Wildman–Crippen LogP) is 5.19. The fourth-order valence-corrected chi connectivity index (χ4v) is 4.14. The Balaban J connectivity index is 1.63. The fourth-order valence-electron chi connectivity index (χ4n) is 4.14. The van der Waals surface area contributed by atoms with Crippen LogP contribution in [-0.2, 0) is 4.79 Å². The highest BCUT2D eigenvalue weighted by molar-refractivity contribution is 6.24. The summed E-state index contributed by atoms with van der Waals surface area (Å²) in [6.07, 6.45) is 3.77. The second-order valence-corrected chi connectivity index (χ2v) is 12.2. The maximum Gasteiger partial charge on any atom is 0.208 e. The van der Waals surface area contributed by atoms with Gasteiger partial charge in [-0.25, -0.2) is 4.99 Å². The molecule has 210 valence electrons. The molecular formula is C31H46N6O2+2. The highest BCUT2D eigenvalue weighted by Crippen LogP contribution is 2.24. The molecule has 0 heterocycles. The largest absolute Gasteiger partial charge is 0.505 e. The van der Waals surface area contributed by atoms with Crippen molar-refractivity contribution in [2.24, 2.45) is 4.99 Å². The number of anilines is 3. The number of aliphatic imine (C=N–C) groups is 1. The first kappa shape index (κ1) is 29.9. The molecule has 0 radical (unpaired) electrons. The lowest BCUT2D eigenvalue weighted by Crippen LogP contribution is -2.36. The van der Waals surface area contributed by atoms with Crippen molar-refractivity contribution in [1.82, 2.24) is 0 Å². The molecule has 39 heavy (non-hydrogen) atoms. The smallest absolute Gasteiger partial charge is 0.208 e. The number of nitrogens with one attached hydrogen (secondary N) is 3. The molecule has 4 N–H and O–H groups in total. The Morgan fingerprint density at radius 2 is 1.21 bits per heavy atom. The number of hydrogen-bond acceptors (Lipinski definition) is 6. The molecule has 1 aliphatic carbocycles. The van der Waals surface area contributed by atoms with E-state index in [-0.39, 0.29) is 17.1 Å². The average molecular weight is 535 g/mol. The molecule has 3 rings (SSSR count). The van der Waals surface area contributed by atoms with Gasteiger partial charge >= 0.3 is 0 Å². The molecule has 0 saturated carbocycles. The van der Waals surface area contributed by atoms with Gasteiger partial charge in [-0.05, 0) is 61.5 Å². The minimum Gasteiger partial charge on any atom is -0.505 e. The number of Topliss-reactive ketones (excluding diaryl/α,β-unsaturated/α-hetero) is 1. The summed E-state index contributed by atoms with van der Waals surface area (Å²) in [7, 11) is 13.2. The molecule has 0 atom stereocenters. The number of aliphatic hydroxyl groups is 1. The molecular weight excluding hydrogens is 488 g/mol. The number of quaternary nitrogens is 2. The third-order valence-electron chi connectivity index (χ3n) is 6.41. The van der Waals surface area contributed by atoms with E-state index in [1.165, 1.54) is 0 Å². The zero-order valence-electron chi connectivity index (χ0n) is 24.6. The van der Waals surface area contributed by atoms with Gasteiger partial charge in [0.2, 0.25) is 5.78 Å². The maximum absolute atomic E-state index is 12.9. The zero-order valence-corrected chi connectivity index (χ0v) is 24.6. The van der Waals surface area contributed by atoms with Gasteiger partial charge in [0.05, 0.1) is 66.8 Å². The molecule has 1 aliphatic rings.